The maximum absolute atomic E-state index is 12.1. The van der Waals surface area contributed by atoms with Gasteiger partial charge < -0.3 is 5.32 Å². The quantitative estimate of drug-likeness (QED) is 0.822. The minimum absolute atomic E-state index is 0.127. The third-order valence-corrected chi connectivity index (χ3v) is 3.97. The van der Waals surface area contributed by atoms with E-state index in [9.17, 15) is 4.79 Å². The van der Waals surface area contributed by atoms with Gasteiger partial charge in [0.1, 0.15) is 5.54 Å². The van der Waals surface area contributed by atoms with Crippen LogP contribution in [0.2, 0.25) is 10.0 Å². The molecule has 19 heavy (non-hydrogen) atoms. The SMILES string of the molecule is C#CC(CC)(CC)NC(=O)Cc1c(Cl)cccc1Cl. The van der Waals surface area contributed by atoms with Gasteiger partial charge in [0.15, 0.2) is 0 Å². The molecule has 1 N–H and O–H groups in total. The fourth-order valence-electron chi connectivity index (χ4n) is 1.84. The van der Waals surface area contributed by atoms with E-state index in [1.54, 1.807) is 18.2 Å². The van der Waals surface area contributed by atoms with Crippen molar-refractivity contribution >= 4 is 29.1 Å². The molecule has 1 aromatic carbocycles. The largest absolute Gasteiger partial charge is 0.340 e. The van der Waals surface area contributed by atoms with Gasteiger partial charge in [0.05, 0.1) is 6.42 Å². The van der Waals surface area contributed by atoms with Crippen molar-refractivity contribution in [2.24, 2.45) is 0 Å². The molecule has 0 spiro atoms. The monoisotopic (exact) mass is 297 g/mol. The predicted molar refractivity (Wildman–Crippen MR) is 80.5 cm³/mol. The summed E-state index contributed by atoms with van der Waals surface area (Å²) in [6, 6.07) is 5.17. The van der Waals surface area contributed by atoms with Gasteiger partial charge in [-0.25, -0.2) is 0 Å². The number of hydrogen-bond donors (Lipinski definition) is 1. The first-order valence-electron chi connectivity index (χ1n) is 6.19. The Balaban J connectivity index is 2.84. The van der Waals surface area contributed by atoms with Crippen LogP contribution in [0.25, 0.3) is 0 Å². The molecule has 0 aromatic heterocycles. The number of amides is 1. The van der Waals surface area contributed by atoms with E-state index in [4.69, 9.17) is 29.6 Å². The van der Waals surface area contributed by atoms with Gasteiger partial charge in [-0.05, 0) is 30.5 Å². The highest BCUT2D eigenvalue weighted by atomic mass is 35.5. The molecule has 1 aromatic rings. The van der Waals surface area contributed by atoms with Gasteiger partial charge in [0, 0.05) is 10.0 Å². The normalized spacial score (nSPS) is 10.9. The second-order valence-electron chi connectivity index (χ2n) is 4.36. The summed E-state index contributed by atoms with van der Waals surface area (Å²) in [6.45, 7) is 3.90. The molecule has 0 aliphatic carbocycles. The highest BCUT2D eigenvalue weighted by Crippen LogP contribution is 2.25. The van der Waals surface area contributed by atoms with E-state index in [0.29, 0.717) is 28.5 Å². The zero-order chi connectivity index (χ0) is 14.5. The molecule has 0 unspecified atom stereocenters. The smallest absolute Gasteiger partial charge is 0.225 e. The topological polar surface area (TPSA) is 29.1 Å². The van der Waals surface area contributed by atoms with Crippen LogP contribution in [0.4, 0.5) is 0 Å². The highest BCUT2D eigenvalue weighted by Gasteiger charge is 2.25. The minimum atomic E-state index is -0.592. The van der Waals surface area contributed by atoms with Crippen molar-refractivity contribution in [1.29, 1.82) is 0 Å². The zero-order valence-electron chi connectivity index (χ0n) is 11.1. The molecule has 0 bridgehead atoms. The van der Waals surface area contributed by atoms with E-state index in [1.807, 2.05) is 13.8 Å². The number of benzene rings is 1. The Morgan fingerprint density at radius 3 is 2.26 bits per heavy atom. The van der Waals surface area contributed by atoms with Crippen LogP contribution in [0.5, 0.6) is 0 Å². The standard InChI is InChI=1S/C15H17Cl2NO/c1-4-15(5-2,6-3)18-14(19)10-11-12(16)8-7-9-13(11)17/h1,7-9H,5-6,10H2,2-3H3,(H,18,19). The second-order valence-corrected chi connectivity index (χ2v) is 5.17. The summed E-state index contributed by atoms with van der Waals surface area (Å²) in [4.78, 5) is 12.1. The molecule has 0 fully saturated rings. The summed E-state index contributed by atoms with van der Waals surface area (Å²) < 4.78 is 0. The van der Waals surface area contributed by atoms with Gasteiger partial charge in [0.25, 0.3) is 0 Å². The van der Waals surface area contributed by atoms with Crippen LogP contribution in [0.3, 0.4) is 0 Å². The Bertz CT molecular complexity index is 481. The molecular formula is C15H17Cl2NO. The fraction of sp³-hybridized carbons (Fsp3) is 0.400. The molecule has 0 heterocycles. The van der Waals surface area contributed by atoms with Crippen molar-refractivity contribution in [3.8, 4) is 12.3 Å². The van der Waals surface area contributed by atoms with E-state index in [2.05, 4.69) is 11.2 Å². The molecule has 0 aliphatic rings. The van der Waals surface area contributed by atoms with Crippen LogP contribution in [0.1, 0.15) is 32.3 Å². The van der Waals surface area contributed by atoms with Crippen LogP contribution in [0.15, 0.2) is 18.2 Å². The van der Waals surface area contributed by atoms with E-state index in [-0.39, 0.29) is 12.3 Å². The molecule has 0 aliphatic heterocycles. The summed E-state index contributed by atoms with van der Waals surface area (Å²) in [5, 5.41) is 3.87. The summed E-state index contributed by atoms with van der Waals surface area (Å²) in [5.74, 6) is 2.49. The average molecular weight is 298 g/mol. The number of carbonyl (C=O) groups excluding carboxylic acids is 1. The maximum Gasteiger partial charge on any atom is 0.225 e. The molecule has 102 valence electrons. The van der Waals surface area contributed by atoms with E-state index in [1.165, 1.54) is 0 Å². The van der Waals surface area contributed by atoms with Gasteiger partial charge in [0.2, 0.25) is 5.91 Å². The number of halogens is 2. The molecule has 0 saturated heterocycles. The van der Waals surface area contributed by atoms with Gasteiger partial charge >= 0.3 is 0 Å². The Labute approximate surface area is 124 Å². The maximum atomic E-state index is 12.1. The van der Waals surface area contributed by atoms with Crippen molar-refractivity contribution in [2.75, 3.05) is 0 Å². The molecule has 1 amide bonds. The number of hydrogen-bond acceptors (Lipinski definition) is 1. The number of rotatable bonds is 5. The van der Waals surface area contributed by atoms with Crippen LogP contribution < -0.4 is 5.32 Å². The van der Waals surface area contributed by atoms with Crippen molar-refractivity contribution in [1.82, 2.24) is 5.32 Å². The molecule has 0 saturated carbocycles. The highest BCUT2D eigenvalue weighted by molar-refractivity contribution is 6.36. The number of nitrogens with one attached hydrogen (secondary N) is 1. The zero-order valence-corrected chi connectivity index (χ0v) is 12.6. The molecule has 2 nitrogen and oxygen atoms in total. The van der Waals surface area contributed by atoms with E-state index < -0.39 is 5.54 Å². The van der Waals surface area contributed by atoms with Gasteiger partial charge in [-0.15, -0.1) is 6.42 Å². The van der Waals surface area contributed by atoms with Crippen LogP contribution in [-0.2, 0) is 11.2 Å². The van der Waals surface area contributed by atoms with Crippen LogP contribution in [-0.4, -0.2) is 11.4 Å². The Morgan fingerprint density at radius 1 is 1.32 bits per heavy atom. The van der Waals surface area contributed by atoms with Gasteiger partial charge in [-0.1, -0.05) is 49.0 Å². The van der Waals surface area contributed by atoms with Gasteiger partial charge in [-0.3, -0.25) is 4.79 Å². The average Bonchev–Trinajstić information content (AvgIpc) is 2.41. The molecule has 0 radical (unpaired) electrons. The third-order valence-electron chi connectivity index (χ3n) is 3.26. The molecule has 1 rings (SSSR count). The predicted octanol–water partition coefficient (Wildman–Crippen LogP) is 3.84. The first kappa shape index (κ1) is 15.9. The lowest BCUT2D eigenvalue weighted by Crippen LogP contribution is -2.47. The second kappa shape index (κ2) is 6.84. The lowest BCUT2D eigenvalue weighted by Gasteiger charge is -2.27. The Kier molecular flexibility index (Phi) is 5.72. The number of carbonyl (C=O) groups is 1. The van der Waals surface area contributed by atoms with Gasteiger partial charge in [-0.2, -0.15) is 0 Å². The van der Waals surface area contributed by atoms with Crippen molar-refractivity contribution in [3.05, 3.63) is 33.8 Å². The first-order chi connectivity index (χ1) is 8.98. The molecular weight excluding hydrogens is 281 g/mol. The lowest BCUT2D eigenvalue weighted by atomic mass is 9.93. The molecule has 4 heteroatoms. The van der Waals surface area contributed by atoms with E-state index >= 15 is 0 Å². The van der Waals surface area contributed by atoms with Crippen LogP contribution >= 0.6 is 23.2 Å². The molecule has 0 atom stereocenters. The number of terminal acetylenes is 1. The van der Waals surface area contributed by atoms with Crippen LogP contribution in [0, 0.1) is 12.3 Å². The summed E-state index contributed by atoms with van der Waals surface area (Å²) in [5.41, 5.74) is 0.0339. The van der Waals surface area contributed by atoms with Crippen molar-refractivity contribution < 1.29 is 4.79 Å². The summed E-state index contributed by atoms with van der Waals surface area (Å²) >= 11 is 12.1. The summed E-state index contributed by atoms with van der Waals surface area (Å²) in [6.07, 6.45) is 7.01. The fourth-order valence-corrected chi connectivity index (χ4v) is 2.37. The lowest BCUT2D eigenvalue weighted by molar-refractivity contribution is -0.121. The Hall–Kier alpha value is -1.17. The summed E-state index contributed by atoms with van der Waals surface area (Å²) in [7, 11) is 0. The first-order valence-corrected chi connectivity index (χ1v) is 6.95. The third kappa shape index (κ3) is 3.89. The van der Waals surface area contributed by atoms with E-state index in [0.717, 1.165) is 0 Å². The minimum Gasteiger partial charge on any atom is -0.340 e. The van der Waals surface area contributed by atoms with Crippen molar-refractivity contribution in [2.45, 2.75) is 38.6 Å². The van der Waals surface area contributed by atoms with Crippen molar-refractivity contribution in [3.63, 3.8) is 0 Å². The Morgan fingerprint density at radius 2 is 1.84 bits per heavy atom.